The zero-order valence-electron chi connectivity index (χ0n) is 13.9. The molecule has 1 aliphatic heterocycles. The maximum atomic E-state index is 12.4. The van der Waals surface area contributed by atoms with Crippen LogP contribution in [-0.2, 0) is 19.6 Å². The lowest BCUT2D eigenvalue weighted by molar-refractivity contribution is -0.122. The molecule has 0 radical (unpaired) electrons. The molecule has 26 heavy (non-hydrogen) atoms. The summed E-state index contributed by atoms with van der Waals surface area (Å²) in [5.74, 6) is -0.163. The molecule has 3 rings (SSSR count). The molecule has 1 heterocycles. The van der Waals surface area contributed by atoms with Crippen molar-refractivity contribution >= 4 is 38.9 Å². The summed E-state index contributed by atoms with van der Waals surface area (Å²) >= 11 is 5.79. The van der Waals surface area contributed by atoms with E-state index in [9.17, 15) is 13.2 Å². The van der Waals surface area contributed by atoms with Crippen LogP contribution in [0, 0.1) is 5.92 Å². The van der Waals surface area contributed by atoms with Crippen LogP contribution in [0.5, 0.6) is 0 Å². The molecular formula is C18H19ClN2O4S. The van der Waals surface area contributed by atoms with Crippen LogP contribution in [0.25, 0.3) is 0 Å². The first-order valence-electron chi connectivity index (χ1n) is 8.21. The van der Waals surface area contributed by atoms with E-state index in [1.165, 1.54) is 24.3 Å². The fourth-order valence-electron chi connectivity index (χ4n) is 2.69. The van der Waals surface area contributed by atoms with Gasteiger partial charge in [0.2, 0.25) is 5.91 Å². The van der Waals surface area contributed by atoms with Gasteiger partial charge in [0.1, 0.15) is 0 Å². The van der Waals surface area contributed by atoms with Gasteiger partial charge in [-0.1, -0.05) is 17.7 Å². The molecule has 2 aromatic carbocycles. The molecule has 138 valence electrons. The van der Waals surface area contributed by atoms with Crippen LogP contribution in [0.15, 0.2) is 53.4 Å². The van der Waals surface area contributed by atoms with Gasteiger partial charge in [0.05, 0.1) is 10.6 Å². The number of anilines is 2. The Bertz CT molecular complexity index is 878. The molecule has 0 aromatic heterocycles. The number of nitrogens with one attached hydrogen (secondary N) is 2. The Morgan fingerprint density at radius 2 is 1.69 bits per heavy atom. The topological polar surface area (TPSA) is 84.5 Å². The number of carbonyl (C=O) groups excluding carboxylic acids is 1. The Labute approximate surface area is 157 Å². The third-order valence-corrected chi connectivity index (χ3v) is 5.75. The van der Waals surface area contributed by atoms with Gasteiger partial charge in [0.25, 0.3) is 10.0 Å². The highest BCUT2D eigenvalue weighted by Crippen LogP contribution is 2.22. The van der Waals surface area contributed by atoms with Crippen molar-refractivity contribution in [1.29, 1.82) is 0 Å². The first-order valence-corrected chi connectivity index (χ1v) is 10.1. The molecule has 0 spiro atoms. The highest BCUT2D eigenvalue weighted by Gasteiger charge is 2.21. The number of halogens is 1. The second-order valence-corrected chi connectivity index (χ2v) is 8.13. The Balaban J connectivity index is 1.70. The molecule has 1 amide bonds. The third-order valence-electron chi connectivity index (χ3n) is 4.10. The van der Waals surface area contributed by atoms with Gasteiger partial charge in [-0.15, -0.1) is 0 Å². The molecule has 0 atom stereocenters. The number of amides is 1. The van der Waals surface area contributed by atoms with Crippen LogP contribution in [-0.4, -0.2) is 27.5 Å². The second-order valence-electron chi connectivity index (χ2n) is 6.02. The van der Waals surface area contributed by atoms with Gasteiger partial charge in [-0.3, -0.25) is 9.52 Å². The summed E-state index contributed by atoms with van der Waals surface area (Å²) in [6.45, 7) is 1.16. The van der Waals surface area contributed by atoms with Crippen molar-refractivity contribution in [3.05, 3.63) is 53.6 Å². The molecule has 1 saturated heterocycles. The highest BCUT2D eigenvalue weighted by atomic mass is 35.5. The van der Waals surface area contributed by atoms with Crippen molar-refractivity contribution < 1.29 is 17.9 Å². The van der Waals surface area contributed by atoms with E-state index in [1.54, 1.807) is 24.3 Å². The summed E-state index contributed by atoms with van der Waals surface area (Å²) in [6.07, 6.45) is 1.38. The normalized spacial score (nSPS) is 15.4. The molecule has 0 saturated carbocycles. The van der Waals surface area contributed by atoms with E-state index in [2.05, 4.69) is 10.0 Å². The van der Waals surface area contributed by atoms with Crippen molar-refractivity contribution in [2.45, 2.75) is 17.7 Å². The van der Waals surface area contributed by atoms with Gasteiger partial charge in [-0.05, 0) is 55.3 Å². The van der Waals surface area contributed by atoms with E-state index in [0.29, 0.717) is 42.5 Å². The molecule has 6 nitrogen and oxygen atoms in total. The van der Waals surface area contributed by atoms with Crippen LogP contribution in [0.3, 0.4) is 0 Å². The minimum atomic E-state index is -3.73. The summed E-state index contributed by atoms with van der Waals surface area (Å²) in [6, 6.07) is 12.5. The van der Waals surface area contributed by atoms with Crippen LogP contribution < -0.4 is 10.0 Å². The van der Waals surface area contributed by atoms with Crippen LogP contribution >= 0.6 is 11.6 Å². The van der Waals surface area contributed by atoms with Crippen molar-refractivity contribution in [3.63, 3.8) is 0 Å². The summed E-state index contributed by atoms with van der Waals surface area (Å²) in [5, 5.41) is 3.30. The SMILES string of the molecule is O=C(Nc1cccc(NS(=O)(=O)c2ccc(Cl)cc2)c1)C1CCOCC1. The number of carbonyl (C=O) groups is 1. The average Bonchev–Trinajstić information content (AvgIpc) is 2.63. The minimum Gasteiger partial charge on any atom is -0.381 e. The smallest absolute Gasteiger partial charge is 0.261 e. The van der Waals surface area contributed by atoms with Gasteiger partial charge in [0.15, 0.2) is 0 Å². The summed E-state index contributed by atoms with van der Waals surface area (Å²) < 4.78 is 32.6. The molecule has 0 unspecified atom stereocenters. The molecule has 0 bridgehead atoms. The van der Waals surface area contributed by atoms with Gasteiger partial charge >= 0.3 is 0 Å². The molecule has 8 heteroatoms. The average molecular weight is 395 g/mol. The van der Waals surface area contributed by atoms with E-state index in [-0.39, 0.29) is 16.7 Å². The van der Waals surface area contributed by atoms with Crippen LogP contribution in [0.4, 0.5) is 11.4 Å². The number of hydrogen-bond acceptors (Lipinski definition) is 4. The Morgan fingerprint density at radius 1 is 1.04 bits per heavy atom. The van der Waals surface area contributed by atoms with E-state index >= 15 is 0 Å². The largest absolute Gasteiger partial charge is 0.381 e. The fourth-order valence-corrected chi connectivity index (χ4v) is 3.87. The van der Waals surface area contributed by atoms with Crippen molar-refractivity contribution in [2.75, 3.05) is 23.3 Å². The lowest BCUT2D eigenvalue weighted by Crippen LogP contribution is -2.28. The number of benzene rings is 2. The van der Waals surface area contributed by atoms with Gasteiger partial charge in [-0.25, -0.2) is 8.42 Å². The zero-order valence-corrected chi connectivity index (χ0v) is 15.5. The van der Waals surface area contributed by atoms with Crippen molar-refractivity contribution in [2.24, 2.45) is 5.92 Å². The van der Waals surface area contributed by atoms with E-state index in [0.717, 1.165) is 0 Å². The summed E-state index contributed by atoms with van der Waals surface area (Å²) in [4.78, 5) is 12.4. The molecular weight excluding hydrogens is 376 g/mol. The number of ether oxygens (including phenoxy) is 1. The second kappa shape index (κ2) is 8.07. The molecule has 1 fully saturated rings. The van der Waals surface area contributed by atoms with Crippen molar-refractivity contribution in [1.82, 2.24) is 0 Å². The fraction of sp³-hybridized carbons (Fsp3) is 0.278. The quantitative estimate of drug-likeness (QED) is 0.812. The number of sulfonamides is 1. The van der Waals surface area contributed by atoms with Gasteiger partial charge < -0.3 is 10.1 Å². The van der Waals surface area contributed by atoms with E-state index in [1.807, 2.05) is 0 Å². The Morgan fingerprint density at radius 3 is 2.38 bits per heavy atom. The summed E-state index contributed by atoms with van der Waals surface area (Å²) in [7, 11) is -3.73. The zero-order chi connectivity index (χ0) is 18.6. The third kappa shape index (κ3) is 4.75. The first kappa shape index (κ1) is 18.7. The molecule has 1 aliphatic rings. The van der Waals surface area contributed by atoms with Crippen LogP contribution in [0.2, 0.25) is 5.02 Å². The van der Waals surface area contributed by atoms with Crippen molar-refractivity contribution in [3.8, 4) is 0 Å². The molecule has 0 aliphatic carbocycles. The molecule has 2 N–H and O–H groups in total. The number of rotatable bonds is 5. The summed E-state index contributed by atoms with van der Waals surface area (Å²) in [5.41, 5.74) is 0.905. The van der Waals surface area contributed by atoms with Gasteiger partial charge in [0, 0.05) is 29.8 Å². The lowest BCUT2D eigenvalue weighted by Gasteiger charge is -2.21. The van der Waals surface area contributed by atoms with Crippen LogP contribution in [0.1, 0.15) is 12.8 Å². The maximum Gasteiger partial charge on any atom is 0.261 e. The monoisotopic (exact) mass is 394 g/mol. The van der Waals surface area contributed by atoms with Gasteiger partial charge in [-0.2, -0.15) is 0 Å². The lowest BCUT2D eigenvalue weighted by atomic mass is 9.99. The standard InChI is InChI=1S/C18H19ClN2O4S/c19-14-4-6-17(7-5-14)26(23,24)21-16-3-1-2-15(12-16)20-18(22)13-8-10-25-11-9-13/h1-7,12-13,21H,8-11H2,(H,20,22). The van der Waals surface area contributed by atoms with E-state index in [4.69, 9.17) is 16.3 Å². The Hall–Kier alpha value is -2.09. The number of hydrogen-bond donors (Lipinski definition) is 2. The highest BCUT2D eigenvalue weighted by molar-refractivity contribution is 7.92. The first-order chi connectivity index (χ1) is 12.4. The predicted molar refractivity (Wildman–Crippen MR) is 101 cm³/mol. The maximum absolute atomic E-state index is 12.4. The molecule has 2 aromatic rings. The Kier molecular flexibility index (Phi) is 5.80. The minimum absolute atomic E-state index is 0.0778. The predicted octanol–water partition coefficient (Wildman–Crippen LogP) is 3.51. The van der Waals surface area contributed by atoms with E-state index < -0.39 is 10.0 Å².